The molecule has 4 rings (SSSR count). The van der Waals surface area contributed by atoms with Gasteiger partial charge in [0.05, 0.1) is 23.8 Å². The summed E-state index contributed by atoms with van der Waals surface area (Å²) in [7, 11) is 6.09. The summed E-state index contributed by atoms with van der Waals surface area (Å²) in [6, 6.07) is 9.96. The van der Waals surface area contributed by atoms with Gasteiger partial charge in [-0.1, -0.05) is 12.1 Å². The zero-order valence-corrected chi connectivity index (χ0v) is 19.2. The molecule has 0 unspecified atom stereocenters. The molecule has 0 aromatic heterocycles. The second-order valence-electron chi connectivity index (χ2n) is 9.46. The first-order valence-corrected chi connectivity index (χ1v) is 11.3. The van der Waals surface area contributed by atoms with Gasteiger partial charge in [0.25, 0.3) is 0 Å². The van der Waals surface area contributed by atoms with E-state index >= 15 is 0 Å². The van der Waals surface area contributed by atoms with Gasteiger partial charge in [0.2, 0.25) is 0 Å². The first-order valence-electron chi connectivity index (χ1n) is 11.3. The highest BCUT2D eigenvalue weighted by molar-refractivity contribution is 5.58. The van der Waals surface area contributed by atoms with E-state index in [1.807, 2.05) is 21.1 Å². The number of likely N-dealkylation sites (N-methyl/N-ethyl adjacent to an activating group) is 2. The third-order valence-corrected chi connectivity index (χ3v) is 6.65. The molecular formula is C25H31F4N3O. The first-order chi connectivity index (χ1) is 15.6. The van der Waals surface area contributed by atoms with E-state index in [9.17, 15) is 17.6 Å². The number of nitrogens with zero attached hydrogens (tertiary/aromatic N) is 2. The van der Waals surface area contributed by atoms with Crippen molar-refractivity contribution in [3.8, 4) is 0 Å². The van der Waals surface area contributed by atoms with Crippen LogP contribution in [0.1, 0.15) is 41.7 Å². The maximum Gasteiger partial charge on any atom is 0.416 e. The van der Waals surface area contributed by atoms with Crippen molar-refractivity contribution in [2.24, 2.45) is 5.92 Å². The number of hydrogen-bond acceptors (Lipinski definition) is 4. The van der Waals surface area contributed by atoms with Gasteiger partial charge in [-0.2, -0.15) is 13.2 Å². The quantitative estimate of drug-likeness (QED) is 0.583. The van der Waals surface area contributed by atoms with Crippen LogP contribution < -0.4 is 5.32 Å². The highest BCUT2D eigenvalue weighted by Gasteiger charge is 2.43. The normalized spacial score (nSPS) is 25.0. The first kappa shape index (κ1) is 24.0. The fourth-order valence-electron chi connectivity index (χ4n) is 4.88. The molecule has 0 aliphatic carbocycles. The minimum atomic E-state index is -4.42. The summed E-state index contributed by atoms with van der Waals surface area (Å²) in [4.78, 5) is 4.32. The number of anilines is 1. The standard InChI is InChI=1S/C25H31F4N3O/c1-31(2)12-13-32(3)15-19-9-10-20-23(16-4-7-18(26)8-5-16)30-22-11-6-17(25(27,28)29)14-21(22)24(20)33-19/h4-8,11,14,19-20,23-24,30H,9-10,12-13,15H2,1-3H3/t19-,20+,23+,24+/m1/s1. The lowest BCUT2D eigenvalue weighted by atomic mass is 9.76. The lowest BCUT2D eigenvalue weighted by Gasteiger charge is -2.46. The van der Waals surface area contributed by atoms with Crippen molar-refractivity contribution >= 4 is 5.69 Å². The van der Waals surface area contributed by atoms with Gasteiger partial charge in [0.1, 0.15) is 5.82 Å². The fourth-order valence-corrected chi connectivity index (χ4v) is 4.88. The molecule has 1 fully saturated rings. The maximum absolute atomic E-state index is 13.5. The van der Waals surface area contributed by atoms with E-state index in [0.717, 1.165) is 44.1 Å². The molecule has 0 amide bonds. The van der Waals surface area contributed by atoms with Gasteiger partial charge in [-0.15, -0.1) is 0 Å². The lowest BCUT2D eigenvalue weighted by molar-refractivity contribution is -0.138. The maximum atomic E-state index is 13.5. The Balaban J connectivity index is 1.62. The van der Waals surface area contributed by atoms with Gasteiger partial charge in [-0.3, -0.25) is 0 Å². The van der Waals surface area contributed by atoms with Crippen LogP contribution in [0.15, 0.2) is 42.5 Å². The molecule has 2 heterocycles. The fraction of sp³-hybridized carbons (Fsp3) is 0.520. The Bertz CT molecular complexity index is 948. The number of alkyl halides is 3. The molecule has 2 aromatic rings. The van der Waals surface area contributed by atoms with Crippen LogP contribution in [0.4, 0.5) is 23.2 Å². The lowest BCUT2D eigenvalue weighted by Crippen LogP contribution is -2.43. The van der Waals surface area contributed by atoms with Gasteiger partial charge in [0, 0.05) is 36.8 Å². The van der Waals surface area contributed by atoms with E-state index in [1.165, 1.54) is 24.3 Å². The Hall–Kier alpha value is -2.16. The molecular weight excluding hydrogens is 434 g/mol. The molecule has 0 spiro atoms. The second kappa shape index (κ2) is 9.60. The van der Waals surface area contributed by atoms with Crippen molar-refractivity contribution < 1.29 is 22.3 Å². The average Bonchev–Trinajstić information content (AvgIpc) is 2.77. The van der Waals surface area contributed by atoms with E-state index in [4.69, 9.17) is 4.74 Å². The van der Waals surface area contributed by atoms with Gasteiger partial charge < -0.3 is 19.9 Å². The van der Waals surface area contributed by atoms with Crippen LogP contribution >= 0.6 is 0 Å². The predicted octanol–water partition coefficient (Wildman–Crippen LogP) is 5.34. The Morgan fingerprint density at radius 3 is 2.39 bits per heavy atom. The van der Waals surface area contributed by atoms with Crippen LogP contribution in [0, 0.1) is 11.7 Å². The summed E-state index contributed by atoms with van der Waals surface area (Å²) in [5.41, 5.74) is 1.42. The smallest absolute Gasteiger partial charge is 0.378 e. The number of benzene rings is 2. The monoisotopic (exact) mass is 465 g/mol. The molecule has 0 bridgehead atoms. The van der Waals surface area contributed by atoms with E-state index in [2.05, 4.69) is 15.1 Å². The van der Waals surface area contributed by atoms with Gasteiger partial charge in [-0.05, 0) is 69.9 Å². The SMILES string of the molecule is CN(C)CCN(C)C[C@H]1CC[C@@H]2[C@H](O1)c1cc(C(F)(F)F)ccc1N[C@H]2c1ccc(F)cc1. The molecule has 8 heteroatoms. The van der Waals surface area contributed by atoms with Crippen LogP contribution in [0.5, 0.6) is 0 Å². The van der Waals surface area contributed by atoms with Gasteiger partial charge in [0.15, 0.2) is 0 Å². The molecule has 0 saturated carbocycles. The highest BCUT2D eigenvalue weighted by Crippen LogP contribution is 2.51. The van der Waals surface area contributed by atoms with Crippen molar-refractivity contribution in [1.82, 2.24) is 9.80 Å². The Kier molecular flexibility index (Phi) is 6.98. The number of ether oxygens (including phenoxy) is 1. The molecule has 2 aliphatic heterocycles. The molecule has 2 aliphatic rings. The third kappa shape index (κ3) is 5.50. The summed E-state index contributed by atoms with van der Waals surface area (Å²) >= 11 is 0. The Morgan fingerprint density at radius 1 is 1.00 bits per heavy atom. The molecule has 33 heavy (non-hydrogen) atoms. The largest absolute Gasteiger partial charge is 0.416 e. The number of fused-ring (bicyclic) bond motifs is 3. The summed E-state index contributed by atoms with van der Waals surface area (Å²) in [5.74, 6) is -0.364. The van der Waals surface area contributed by atoms with Gasteiger partial charge >= 0.3 is 6.18 Å². The van der Waals surface area contributed by atoms with E-state index < -0.39 is 17.8 Å². The topological polar surface area (TPSA) is 27.7 Å². The molecule has 4 atom stereocenters. The summed E-state index contributed by atoms with van der Waals surface area (Å²) < 4.78 is 60.4. The second-order valence-corrected chi connectivity index (χ2v) is 9.46. The van der Waals surface area contributed by atoms with Crippen molar-refractivity contribution in [1.29, 1.82) is 0 Å². The number of rotatable bonds is 6. The molecule has 180 valence electrons. The molecule has 2 aromatic carbocycles. The van der Waals surface area contributed by atoms with Crippen molar-refractivity contribution in [2.45, 2.75) is 37.3 Å². The van der Waals surface area contributed by atoms with E-state index in [1.54, 1.807) is 12.1 Å². The van der Waals surface area contributed by atoms with E-state index in [0.29, 0.717) is 11.3 Å². The van der Waals surface area contributed by atoms with Crippen molar-refractivity contribution in [3.05, 3.63) is 65.0 Å². The number of hydrogen-bond donors (Lipinski definition) is 1. The highest BCUT2D eigenvalue weighted by atomic mass is 19.4. The minimum absolute atomic E-state index is 0.0465. The number of nitrogens with one attached hydrogen (secondary N) is 1. The zero-order chi connectivity index (χ0) is 23.8. The Morgan fingerprint density at radius 2 is 1.73 bits per heavy atom. The predicted molar refractivity (Wildman–Crippen MR) is 121 cm³/mol. The van der Waals surface area contributed by atoms with E-state index in [-0.39, 0.29) is 23.9 Å². The van der Waals surface area contributed by atoms with Crippen molar-refractivity contribution in [2.75, 3.05) is 46.1 Å². The third-order valence-electron chi connectivity index (χ3n) is 6.65. The summed E-state index contributed by atoms with van der Waals surface area (Å²) in [6.45, 7) is 2.53. The minimum Gasteiger partial charge on any atom is -0.378 e. The average molecular weight is 466 g/mol. The van der Waals surface area contributed by atoms with Gasteiger partial charge in [-0.25, -0.2) is 4.39 Å². The van der Waals surface area contributed by atoms with Crippen LogP contribution in [0.2, 0.25) is 0 Å². The van der Waals surface area contributed by atoms with Crippen LogP contribution in [0.25, 0.3) is 0 Å². The summed E-state index contributed by atoms with van der Waals surface area (Å²) in [6.07, 6.45) is -3.31. The molecule has 1 N–H and O–H groups in total. The zero-order valence-electron chi connectivity index (χ0n) is 19.2. The van der Waals surface area contributed by atoms with Crippen molar-refractivity contribution in [3.63, 3.8) is 0 Å². The van der Waals surface area contributed by atoms with Crippen LogP contribution in [0.3, 0.4) is 0 Å². The number of halogens is 4. The Labute approximate surface area is 192 Å². The summed E-state index contributed by atoms with van der Waals surface area (Å²) in [5, 5.41) is 3.41. The van der Waals surface area contributed by atoms with Crippen LogP contribution in [-0.4, -0.2) is 56.7 Å². The van der Waals surface area contributed by atoms with Crippen LogP contribution in [-0.2, 0) is 10.9 Å². The molecule has 1 saturated heterocycles. The molecule has 0 radical (unpaired) electrons. The molecule has 4 nitrogen and oxygen atoms in total.